The Morgan fingerprint density at radius 3 is 2.40 bits per heavy atom. The fourth-order valence-corrected chi connectivity index (χ4v) is 2.56. The summed E-state index contributed by atoms with van der Waals surface area (Å²) in [7, 11) is 0. The maximum atomic E-state index is 11.1. The van der Waals surface area contributed by atoms with Crippen molar-refractivity contribution in [2.45, 2.75) is 39.5 Å². The van der Waals surface area contributed by atoms with Gasteiger partial charge >= 0.3 is 5.97 Å². The second kappa shape index (κ2) is 6.11. The average Bonchev–Trinajstić information content (AvgIpc) is 2.26. The molecule has 0 aromatic rings. The van der Waals surface area contributed by atoms with E-state index in [2.05, 4.69) is 18.7 Å². The molecule has 1 saturated carbocycles. The fraction of sp³-hybridized carbons (Fsp3) is 0.917. The summed E-state index contributed by atoms with van der Waals surface area (Å²) in [6.45, 7) is 7.30. The van der Waals surface area contributed by atoms with Crippen LogP contribution in [0.5, 0.6) is 0 Å². The van der Waals surface area contributed by atoms with Gasteiger partial charge in [0.05, 0.1) is 5.92 Å². The van der Waals surface area contributed by atoms with Crippen molar-refractivity contribution in [3.8, 4) is 0 Å². The molecule has 0 bridgehead atoms. The zero-order chi connectivity index (χ0) is 11.3. The van der Waals surface area contributed by atoms with Gasteiger partial charge in [-0.3, -0.25) is 4.79 Å². The lowest BCUT2D eigenvalue weighted by molar-refractivity contribution is -0.145. The third kappa shape index (κ3) is 3.49. The van der Waals surface area contributed by atoms with Crippen LogP contribution in [0.3, 0.4) is 0 Å². The van der Waals surface area contributed by atoms with Crippen LogP contribution in [0.15, 0.2) is 0 Å². The molecule has 0 radical (unpaired) electrons. The topological polar surface area (TPSA) is 40.5 Å². The first-order chi connectivity index (χ1) is 7.19. The van der Waals surface area contributed by atoms with Gasteiger partial charge in [0.25, 0.3) is 0 Å². The molecule has 1 aliphatic rings. The van der Waals surface area contributed by atoms with Crippen LogP contribution in [0.25, 0.3) is 0 Å². The SMILES string of the molecule is CCN(CC)C[C@@H]1CCCCC1C(=O)O. The minimum atomic E-state index is -0.591. The molecule has 2 atom stereocenters. The second-order valence-electron chi connectivity index (χ2n) is 4.48. The van der Waals surface area contributed by atoms with Crippen molar-refractivity contribution in [2.75, 3.05) is 19.6 Å². The van der Waals surface area contributed by atoms with E-state index in [0.29, 0.717) is 5.92 Å². The standard InChI is InChI=1S/C12H23NO2/c1-3-13(4-2)9-10-7-5-6-8-11(10)12(14)15/h10-11H,3-9H2,1-2H3,(H,14,15)/t10-,11?/m0/s1. The van der Waals surface area contributed by atoms with Crippen LogP contribution in [-0.2, 0) is 4.79 Å². The smallest absolute Gasteiger partial charge is 0.306 e. The Bertz CT molecular complexity index is 202. The minimum absolute atomic E-state index is 0.0978. The van der Waals surface area contributed by atoms with Crippen LogP contribution in [0.1, 0.15) is 39.5 Å². The summed E-state index contributed by atoms with van der Waals surface area (Å²) in [5.74, 6) is -0.317. The molecule has 3 heteroatoms. The molecular formula is C12H23NO2. The number of hydrogen-bond acceptors (Lipinski definition) is 2. The van der Waals surface area contributed by atoms with E-state index >= 15 is 0 Å². The molecule has 1 fully saturated rings. The number of aliphatic carboxylic acids is 1. The summed E-state index contributed by atoms with van der Waals surface area (Å²) in [5, 5.41) is 9.15. The van der Waals surface area contributed by atoms with E-state index < -0.39 is 5.97 Å². The van der Waals surface area contributed by atoms with E-state index in [1.165, 1.54) is 6.42 Å². The third-order valence-electron chi connectivity index (χ3n) is 3.61. The molecule has 1 aliphatic carbocycles. The highest BCUT2D eigenvalue weighted by atomic mass is 16.4. The zero-order valence-corrected chi connectivity index (χ0v) is 9.91. The molecule has 3 nitrogen and oxygen atoms in total. The van der Waals surface area contributed by atoms with E-state index in [0.717, 1.165) is 38.9 Å². The molecular weight excluding hydrogens is 190 g/mol. The quantitative estimate of drug-likeness (QED) is 0.761. The lowest BCUT2D eigenvalue weighted by Crippen LogP contribution is -2.37. The van der Waals surface area contributed by atoms with Crippen LogP contribution in [0.2, 0.25) is 0 Å². The van der Waals surface area contributed by atoms with Gasteiger partial charge in [-0.05, 0) is 31.8 Å². The van der Waals surface area contributed by atoms with Gasteiger partial charge in [-0.15, -0.1) is 0 Å². The number of nitrogens with zero attached hydrogens (tertiary/aromatic N) is 1. The largest absolute Gasteiger partial charge is 0.481 e. The summed E-state index contributed by atoms with van der Waals surface area (Å²) in [6, 6.07) is 0. The van der Waals surface area contributed by atoms with E-state index in [-0.39, 0.29) is 5.92 Å². The van der Waals surface area contributed by atoms with Crippen LogP contribution in [0, 0.1) is 11.8 Å². The van der Waals surface area contributed by atoms with Crippen molar-refractivity contribution in [1.82, 2.24) is 4.90 Å². The predicted octanol–water partition coefficient (Wildman–Crippen LogP) is 2.22. The van der Waals surface area contributed by atoms with Crippen molar-refractivity contribution < 1.29 is 9.90 Å². The third-order valence-corrected chi connectivity index (χ3v) is 3.61. The van der Waals surface area contributed by atoms with Crippen molar-refractivity contribution >= 4 is 5.97 Å². The first kappa shape index (κ1) is 12.5. The van der Waals surface area contributed by atoms with Gasteiger partial charge in [0.1, 0.15) is 0 Å². The number of carboxylic acid groups (broad SMARTS) is 1. The van der Waals surface area contributed by atoms with E-state index in [4.69, 9.17) is 5.11 Å². The van der Waals surface area contributed by atoms with Crippen LogP contribution in [-0.4, -0.2) is 35.6 Å². The summed E-state index contributed by atoms with van der Waals surface area (Å²) >= 11 is 0. The summed E-state index contributed by atoms with van der Waals surface area (Å²) in [5.41, 5.74) is 0. The predicted molar refractivity (Wildman–Crippen MR) is 60.9 cm³/mol. The van der Waals surface area contributed by atoms with Gasteiger partial charge in [-0.25, -0.2) is 0 Å². The molecule has 0 spiro atoms. The fourth-order valence-electron chi connectivity index (χ4n) is 2.56. The molecule has 88 valence electrons. The molecule has 1 rings (SSSR count). The molecule has 0 aromatic carbocycles. The van der Waals surface area contributed by atoms with E-state index in [9.17, 15) is 4.79 Å². The maximum absolute atomic E-state index is 11.1. The lowest BCUT2D eigenvalue weighted by atomic mass is 9.79. The molecule has 0 aromatic heterocycles. The second-order valence-corrected chi connectivity index (χ2v) is 4.48. The molecule has 0 heterocycles. The Kier molecular flexibility index (Phi) is 5.09. The Labute approximate surface area is 92.5 Å². The highest BCUT2D eigenvalue weighted by Gasteiger charge is 2.31. The molecule has 15 heavy (non-hydrogen) atoms. The number of rotatable bonds is 5. The normalized spacial score (nSPS) is 26.9. The van der Waals surface area contributed by atoms with Gasteiger partial charge in [0.15, 0.2) is 0 Å². The summed E-state index contributed by atoms with van der Waals surface area (Å²) in [4.78, 5) is 13.4. The number of hydrogen-bond donors (Lipinski definition) is 1. The lowest BCUT2D eigenvalue weighted by Gasteiger charge is -2.32. The van der Waals surface area contributed by atoms with Crippen molar-refractivity contribution in [3.05, 3.63) is 0 Å². The van der Waals surface area contributed by atoms with Crippen molar-refractivity contribution in [2.24, 2.45) is 11.8 Å². The Morgan fingerprint density at radius 1 is 1.27 bits per heavy atom. The monoisotopic (exact) mass is 213 g/mol. The Morgan fingerprint density at radius 2 is 1.87 bits per heavy atom. The van der Waals surface area contributed by atoms with Crippen LogP contribution in [0.4, 0.5) is 0 Å². The minimum Gasteiger partial charge on any atom is -0.481 e. The summed E-state index contributed by atoms with van der Waals surface area (Å²) < 4.78 is 0. The first-order valence-corrected chi connectivity index (χ1v) is 6.14. The molecule has 0 saturated heterocycles. The zero-order valence-electron chi connectivity index (χ0n) is 9.91. The highest BCUT2D eigenvalue weighted by Crippen LogP contribution is 2.30. The molecule has 0 amide bonds. The van der Waals surface area contributed by atoms with Crippen LogP contribution < -0.4 is 0 Å². The van der Waals surface area contributed by atoms with Gasteiger partial charge in [0.2, 0.25) is 0 Å². The van der Waals surface area contributed by atoms with Gasteiger partial charge in [-0.1, -0.05) is 26.7 Å². The van der Waals surface area contributed by atoms with Gasteiger partial charge < -0.3 is 10.0 Å². The maximum Gasteiger partial charge on any atom is 0.306 e. The summed E-state index contributed by atoms with van der Waals surface area (Å²) in [6.07, 6.45) is 4.26. The number of carbonyl (C=O) groups is 1. The van der Waals surface area contributed by atoms with E-state index in [1.54, 1.807) is 0 Å². The van der Waals surface area contributed by atoms with Gasteiger partial charge in [-0.2, -0.15) is 0 Å². The molecule has 1 N–H and O–H groups in total. The van der Waals surface area contributed by atoms with Crippen molar-refractivity contribution in [3.63, 3.8) is 0 Å². The van der Waals surface area contributed by atoms with Gasteiger partial charge in [0, 0.05) is 6.54 Å². The van der Waals surface area contributed by atoms with Crippen molar-refractivity contribution in [1.29, 1.82) is 0 Å². The molecule has 1 unspecified atom stereocenters. The first-order valence-electron chi connectivity index (χ1n) is 6.14. The number of carboxylic acids is 1. The van der Waals surface area contributed by atoms with E-state index in [1.807, 2.05) is 0 Å². The average molecular weight is 213 g/mol. The molecule has 0 aliphatic heterocycles. The van der Waals surface area contributed by atoms with Crippen LogP contribution >= 0.6 is 0 Å². The highest BCUT2D eigenvalue weighted by molar-refractivity contribution is 5.70. The Hall–Kier alpha value is -0.570. The Balaban J connectivity index is 2.52.